The maximum absolute atomic E-state index is 11.1. The molecule has 1 rings (SSSR count). The molecule has 1 aromatic heterocycles. The van der Waals surface area contributed by atoms with E-state index in [2.05, 4.69) is 9.72 Å². The Hall–Kier alpha value is -1.34. The number of nitrogens with zero attached hydrogens (tertiary/aromatic N) is 2. The molecule has 0 aliphatic heterocycles. The smallest absolute Gasteiger partial charge is 0.306 e. The lowest BCUT2D eigenvalue weighted by atomic mass is 10.3. The quantitative estimate of drug-likeness (QED) is 0.359. The highest BCUT2D eigenvalue weighted by atomic mass is 35.5. The Morgan fingerprint density at radius 2 is 2.39 bits per heavy atom. The van der Waals surface area contributed by atoms with Gasteiger partial charge in [0.2, 0.25) is 0 Å². The van der Waals surface area contributed by atoms with Crippen molar-refractivity contribution in [3.05, 3.63) is 27.4 Å². The highest BCUT2D eigenvalue weighted by molar-refractivity contribution is 8.00. The molecule has 0 saturated carbocycles. The fraction of sp³-hybridized carbons (Fsp3) is 0.400. The molecule has 0 amide bonds. The molecule has 6 nitrogen and oxygen atoms in total. The number of rotatable bonds is 5. The average Bonchev–Trinajstić information content (AvgIpc) is 2.31. The summed E-state index contributed by atoms with van der Waals surface area (Å²) in [6, 6.07) is 1.24. The maximum Gasteiger partial charge on any atom is 0.306 e. The molecule has 1 aromatic rings. The number of carbonyl (C=O) groups excluding carboxylic acids is 1. The van der Waals surface area contributed by atoms with E-state index in [0.717, 1.165) is 6.20 Å². The molecule has 0 bridgehead atoms. The van der Waals surface area contributed by atoms with Gasteiger partial charge in [-0.2, -0.15) is 0 Å². The van der Waals surface area contributed by atoms with Crippen molar-refractivity contribution in [3.63, 3.8) is 0 Å². The molecule has 1 atom stereocenters. The number of thioether (sulfide) groups is 1. The van der Waals surface area contributed by atoms with E-state index >= 15 is 0 Å². The summed E-state index contributed by atoms with van der Waals surface area (Å²) in [5.41, 5.74) is -0.162. The van der Waals surface area contributed by atoms with E-state index in [0.29, 0.717) is 5.03 Å². The van der Waals surface area contributed by atoms with Crippen LogP contribution in [-0.2, 0) is 9.53 Å². The van der Waals surface area contributed by atoms with Crippen molar-refractivity contribution in [1.82, 2.24) is 4.98 Å². The summed E-state index contributed by atoms with van der Waals surface area (Å²) in [6.07, 6.45) is 1.36. The SMILES string of the molecule is COC(=O)CC(C)Sc1ncc([N+](=O)[O-])cc1Cl. The number of methoxy groups -OCH3 is 1. The van der Waals surface area contributed by atoms with E-state index in [1.807, 2.05) is 6.92 Å². The van der Waals surface area contributed by atoms with Crippen LogP contribution in [0.25, 0.3) is 0 Å². The van der Waals surface area contributed by atoms with Crippen LogP contribution in [0.3, 0.4) is 0 Å². The Morgan fingerprint density at radius 3 is 2.89 bits per heavy atom. The molecule has 8 heteroatoms. The zero-order valence-corrected chi connectivity index (χ0v) is 11.3. The van der Waals surface area contributed by atoms with Gasteiger partial charge in [0.15, 0.2) is 0 Å². The zero-order chi connectivity index (χ0) is 13.7. The van der Waals surface area contributed by atoms with Crippen molar-refractivity contribution >= 4 is 35.0 Å². The predicted molar refractivity (Wildman–Crippen MR) is 67.9 cm³/mol. The number of halogens is 1. The average molecular weight is 291 g/mol. The standard InChI is InChI=1S/C10H11ClN2O4S/c1-6(3-9(14)17-2)18-10-8(11)4-7(5-12-10)13(15)16/h4-6H,3H2,1-2H3. The molecule has 0 aliphatic rings. The molecule has 1 heterocycles. The molecule has 1 unspecified atom stereocenters. The topological polar surface area (TPSA) is 82.3 Å². The van der Waals surface area contributed by atoms with Crippen LogP contribution in [0, 0.1) is 10.1 Å². The Kier molecular flexibility index (Phi) is 5.36. The van der Waals surface area contributed by atoms with Crippen molar-refractivity contribution in [3.8, 4) is 0 Å². The van der Waals surface area contributed by atoms with Crippen LogP contribution in [0.15, 0.2) is 17.3 Å². The minimum absolute atomic E-state index is 0.0797. The van der Waals surface area contributed by atoms with Crippen molar-refractivity contribution in [1.29, 1.82) is 0 Å². The van der Waals surface area contributed by atoms with E-state index in [4.69, 9.17) is 11.6 Å². The molecule has 0 spiro atoms. The number of carbonyl (C=O) groups is 1. The first-order valence-corrected chi connectivity index (χ1v) is 6.23. The van der Waals surface area contributed by atoms with E-state index in [9.17, 15) is 14.9 Å². The van der Waals surface area contributed by atoms with Gasteiger partial charge in [-0.1, -0.05) is 18.5 Å². The van der Waals surface area contributed by atoms with E-state index in [1.54, 1.807) is 0 Å². The van der Waals surface area contributed by atoms with E-state index in [1.165, 1.54) is 24.9 Å². The van der Waals surface area contributed by atoms with Crippen molar-refractivity contribution < 1.29 is 14.5 Å². The van der Waals surface area contributed by atoms with Gasteiger partial charge in [-0.25, -0.2) is 4.98 Å². The predicted octanol–water partition coefficient (Wildman–Crippen LogP) is 2.69. The molecule has 0 saturated heterocycles. The first-order valence-electron chi connectivity index (χ1n) is 4.97. The van der Waals surface area contributed by atoms with E-state index < -0.39 is 4.92 Å². The Balaban J connectivity index is 2.73. The second-order valence-corrected chi connectivity index (χ2v) is 5.28. The van der Waals surface area contributed by atoms with Gasteiger partial charge in [-0.15, -0.1) is 11.8 Å². The first kappa shape index (κ1) is 14.7. The van der Waals surface area contributed by atoms with Gasteiger partial charge < -0.3 is 4.74 Å². The lowest BCUT2D eigenvalue weighted by Crippen LogP contribution is -2.08. The summed E-state index contributed by atoms with van der Waals surface area (Å²) in [7, 11) is 1.32. The molecule has 0 aliphatic carbocycles. The monoisotopic (exact) mass is 290 g/mol. The normalized spacial score (nSPS) is 11.9. The minimum Gasteiger partial charge on any atom is -0.469 e. The van der Waals surface area contributed by atoms with Crippen LogP contribution in [0.2, 0.25) is 5.02 Å². The third-order valence-corrected chi connectivity index (χ3v) is 3.52. The summed E-state index contributed by atoms with van der Waals surface area (Å²) in [4.78, 5) is 24.9. The third-order valence-electron chi connectivity index (χ3n) is 2.00. The highest BCUT2D eigenvalue weighted by Crippen LogP contribution is 2.31. The molecular formula is C10H11ClN2O4S. The fourth-order valence-corrected chi connectivity index (χ4v) is 2.33. The van der Waals surface area contributed by atoms with Crippen molar-refractivity contribution in [2.24, 2.45) is 0 Å². The summed E-state index contributed by atoms with van der Waals surface area (Å²) in [5.74, 6) is -0.326. The lowest BCUT2D eigenvalue weighted by molar-refractivity contribution is -0.385. The Labute approximate surface area is 113 Å². The fourth-order valence-electron chi connectivity index (χ4n) is 1.15. The minimum atomic E-state index is -0.564. The summed E-state index contributed by atoms with van der Waals surface area (Å²) in [6.45, 7) is 1.82. The highest BCUT2D eigenvalue weighted by Gasteiger charge is 2.16. The summed E-state index contributed by atoms with van der Waals surface area (Å²) in [5, 5.41) is 11.1. The number of esters is 1. The van der Waals surface area contributed by atoms with Crippen molar-refractivity contribution in [2.45, 2.75) is 23.6 Å². The van der Waals surface area contributed by atoms with Crippen LogP contribution < -0.4 is 0 Å². The number of aromatic nitrogens is 1. The zero-order valence-electron chi connectivity index (χ0n) is 9.75. The summed E-state index contributed by atoms with van der Waals surface area (Å²) >= 11 is 7.15. The van der Waals surface area contributed by atoms with Crippen LogP contribution in [0.4, 0.5) is 5.69 Å². The van der Waals surface area contributed by atoms with E-state index in [-0.39, 0.29) is 28.4 Å². The second kappa shape index (κ2) is 6.55. The van der Waals surface area contributed by atoms with Gasteiger partial charge in [0, 0.05) is 11.3 Å². The molecule has 0 radical (unpaired) electrons. The molecule has 0 aromatic carbocycles. The largest absolute Gasteiger partial charge is 0.469 e. The van der Waals surface area contributed by atoms with Crippen LogP contribution in [-0.4, -0.2) is 28.2 Å². The number of pyridine rings is 1. The molecule has 0 fully saturated rings. The second-order valence-electron chi connectivity index (χ2n) is 3.45. The number of hydrogen-bond acceptors (Lipinski definition) is 6. The van der Waals surface area contributed by atoms with Gasteiger partial charge >= 0.3 is 5.97 Å². The maximum atomic E-state index is 11.1. The van der Waals surface area contributed by atoms with Crippen LogP contribution in [0.1, 0.15) is 13.3 Å². The van der Waals surface area contributed by atoms with Gasteiger partial charge in [0.05, 0.1) is 23.5 Å². The van der Waals surface area contributed by atoms with Crippen molar-refractivity contribution in [2.75, 3.05) is 7.11 Å². The molecule has 0 N–H and O–H groups in total. The number of ether oxygens (including phenoxy) is 1. The Morgan fingerprint density at radius 1 is 1.72 bits per heavy atom. The van der Waals surface area contributed by atoms with Gasteiger partial charge in [-0.05, 0) is 0 Å². The van der Waals surface area contributed by atoms with Crippen LogP contribution in [0.5, 0.6) is 0 Å². The lowest BCUT2D eigenvalue weighted by Gasteiger charge is -2.09. The molecule has 18 heavy (non-hydrogen) atoms. The van der Waals surface area contributed by atoms with Gasteiger partial charge in [-0.3, -0.25) is 14.9 Å². The molecular weight excluding hydrogens is 280 g/mol. The summed E-state index contributed by atoms with van der Waals surface area (Å²) < 4.78 is 4.54. The third kappa shape index (κ3) is 4.15. The van der Waals surface area contributed by atoms with Gasteiger partial charge in [0.1, 0.15) is 11.2 Å². The Bertz CT molecular complexity index is 469. The van der Waals surface area contributed by atoms with Crippen LogP contribution >= 0.6 is 23.4 Å². The first-order chi connectivity index (χ1) is 8.43. The number of nitro groups is 1. The number of hydrogen-bond donors (Lipinski definition) is 0. The molecule has 98 valence electrons. The van der Waals surface area contributed by atoms with Gasteiger partial charge in [0.25, 0.3) is 5.69 Å².